The third kappa shape index (κ3) is 2.97. The zero-order valence-electron chi connectivity index (χ0n) is 12.2. The summed E-state index contributed by atoms with van der Waals surface area (Å²) in [5.74, 6) is 1.41. The molecule has 0 saturated carbocycles. The highest BCUT2D eigenvalue weighted by atomic mass is 16.6. The predicted molar refractivity (Wildman–Crippen MR) is 78.1 cm³/mol. The second kappa shape index (κ2) is 6.02. The normalized spacial score (nSPS) is 22.1. The lowest BCUT2D eigenvalue weighted by Gasteiger charge is -2.22. The fourth-order valence-electron chi connectivity index (χ4n) is 2.62. The van der Waals surface area contributed by atoms with E-state index in [4.69, 9.17) is 0 Å². The summed E-state index contributed by atoms with van der Waals surface area (Å²) < 4.78 is 0. The van der Waals surface area contributed by atoms with E-state index in [1.807, 2.05) is 11.8 Å². The predicted octanol–water partition coefficient (Wildman–Crippen LogP) is 2.44. The first-order valence-corrected chi connectivity index (χ1v) is 7.04. The van der Waals surface area contributed by atoms with Gasteiger partial charge in [0.05, 0.1) is 4.92 Å². The van der Waals surface area contributed by atoms with Gasteiger partial charge in [0, 0.05) is 19.1 Å². The van der Waals surface area contributed by atoms with Gasteiger partial charge in [-0.25, -0.2) is 4.98 Å². The Labute approximate surface area is 118 Å². The molecule has 1 fully saturated rings. The lowest BCUT2D eigenvalue weighted by molar-refractivity contribution is -0.384. The van der Waals surface area contributed by atoms with Crippen LogP contribution in [0.2, 0.25) is 0 Å². The van der Waals surface area contributed by atoms with Crippen molar-refractivity contribution in [3.63, 3.8) is 0 Å². The molecule has 0 radical (unpaired) electrons. The largest absolute Gasteiger partial charge is 0.354 e. The Morgan fingerprint density at radius 1 is 1.55 bits per heavy atom. The molecule has 2 rings (SSSR count). The van der Waals surface area contributed by atoms with E-state index in [0.717, 1.165) is 25.9 Å². The van der Waals surface area contributed by atoms with Gasteiger partial charge in [0.2, 0.25) is 11.8 Å². The third-order valence-corrected chi connectivity index (χ3v) is 3.54. The molecule has 2 atom stereocenters. The van der Waals surface area contributed by atoms with Crippen LogP contribution in [-0.4, -0.2) is 34.0 Å². The quantitative estimate of drug-likeness (QED) is 0.658. The first kappa shape index (κ1) is 14.5. The van der Waals surface area contributed by atoms with Crippen LogP contribution in [0.4, 0.5) is 17.5 Å². The van der Waals surface area contributed by atoms with Crippen molar-refractivity contribution in [2.45, 2.75) is 39.7 Å². The molecule has 0 aromatic carbocycles. The minimum Gasteiger partial charge on any atom is -0.354 e. The molecule has 0 spiro atoms. The molecule has 7 heteroatoms. The average Bonchev–Trinajstić information content (AvgIpc) is 2.74. The maximum Gasteiger partial charge on any atom is 0.329 e. The molecule has 0 amide bonds. The van der Waals surface area contributed by atoms with Gasteiger partial charge in [-0.1, -0.05) is 13.8 Å². The Morgan fingerprint density at radius 3 is 2.85 bits per heavy atom. The summed E-state index contributed by atoms with van der Waals surface area (Å²) in [6.45, 7) is 7.83. The number of nitrogens with one attached hydrogen (secondary N) is 1. The number of anilines is 2. The Balaban J connectivity index is 2.34. The van der Waals surface area contributed by atoms with Crippen LogP contribution in [0.25, 0.3) is 0 Å². The number of nitro groups is 1. The molecular weight excluding hydrogens is 258 g/mol. The third-order valence-electron chi connectivity index (χ3n) is 3.54. The average molecular weight is 279 g/mol. The van der Waals surface area contributed by atoms with Crippen molar-refractivity contribution in [2.24, 2.45) is 5.92 Å². The van der Waals surface area contributed by atoms with E-state index in [-0.39, 0.29) is 11.7 Å². The molecule has 110 valence electrons. The van der Waals surface area contributed by atoms with Crippen molar-refractivity contribution < 1.29 is 4.92 Å². The molecule has 1 aliphatic rings. The fourth-order valence-corrected chi connectivity index (χ4v) is 2.62. The highest BCUT2D eigenvalue weighted by molar-refractivity contribution is 5.60. The number of rotatable bonds is 5. The monoisotopic (exact) mass is 279 g/mol. The van der Waals surface area contributed by atoms with E-state index < -0.39 is 4.92 Å². The van der Waals surface area contributed by atoms with Crippen LogP contribution in [0.15, 0.2) is 6.20 Å². The van der Waals surface area contributed by atoms with Gasteiger partial charge >= 0.3 is 5.69 Å². The molecular formula is C13H21N5O2. The van der Waals surface area contributed by atoms with E-state index in [2.05, 4.69) is 29.1 Å². The SMILES string of the molecule is CCCNc1ncc([N+](=O)[O-])c(N2CC(C)CC2C)n1. The summed E-state index contributed by atoms with van der Waals surface area (Å²) in [5, 5.41) is 14.2. The smallest absolute Gasteiger partial charge is 0.329 e. The van der Waals surface area contributed by atoms with Crippen LogP contribution >= 0.6 is 0 Å². The van der Waals surface area contributed by atoms with Crippen molar-refractivity contribution in [1.82, 2.24) is 9.97 Å². The fraction of sp³-hybridized carbons (Fsp3) is 0.692. The highest BCUT2D eigenvalue weighted by Crippen LogP contribution is 2.33. The Bertz CT molecular complexity index is 494. The highest BCUT2D eigenvalue weighted by Gasteiger charge is 2.32. The van der Waals surface area contributed by atoms with Crippen molar-refractivity contribution >= 4 is 17.5 Å². The summed E-state index contributed by atoms with van der Waals surface area (Å²) in [7, 11) is 0. The number of hydrogen-bond donors (Lipinski definition) is 1. The van der Waals surface area contributed by atoms with Gasteiger partial charge in [-0.2, -0.15) is 4.98 Å². The van der Waals surface area contributed by atoms with Crippen LogP contribution in [-0.2, 0) is 0 Å². The van der Waals surface area contributed by atoms with Crippen LogP contribution in [0.1, 0.15) is 33.6 Å². The molecule has 7 nitrogen and oxygen atoms in total. The minimum atomic E-state index is -0.408. The van der Waals surface area contributed by atoms with E-state index in [1.54, 1.807) is 0 Å². The van der Waals surface area contributed by atoms with E-state index in [9.17, 15) is 10.1 Å². The van der Waals surface area contributed by atoms with Gasteiger partial charge in [-0.3, -0.25) is 10.1 Å². The zero-order chi connectivity index (χ0) is 14.7. The van der Waals surface area contributed by atoms with Gasteiger partial charge in [-0.15, -0.1) is 0 Å². The molecule has 1 N–H and O–H groups in total. The topological polar surface area (TPSA) is 84.2 Å². The molecule has 1 aliphatic heterocycles. The molecule has 20 heavy (non-hydrogen) atoms. The Morgan fingerprint density at radius 2 is 2.30 bits per heavy atom. The first-order chi connectivity index (χ1) is 9.52. The van der Waals surface area contributed by atoms with Gasteiger partial charge in [0.15, 0.2) is 0 Å². The zero-order valence-corrected chi connectivity index (χ0v) is 12.2. The van der Waals surface area contributed by atoms with Crippen LogP contribution in [0.3, 0.4) is 0 Å². The number of hydrogen-bond acceptors (Lipinski definition) is 6. The summed E-state index contributed by atoms with van der Waals surface area (Å²) in [6.07, 6.45) is 3.28. The van der Waals surface area contributed by atoms with Crippen molar-refractivity contribution in [2.75, 3.05) is 23.3 Å². The summed E-state index contributed by atoms with van der Waals surface area (Å²) >= 11 is 0. The van der Waals surface area contributed by atoms with Crippen molar-refractivity contribution in [3.05, 3.63) is 16.3 Å². The summed E-state index contributed by atoms with van der Waals surface area (Å²) in [6, 6.07) is 0.262. The van der Waals surface area contributed by atoms with Crippen LogP contribution < -0.4 is 10.2 Å². The standard InChI is InChI=1S/C13H21N5O2/c1-4-5-14-13-15-7-11(18(19)20)12(16-13)17-8-9(2)6-10(17)3/h7,9-10H,4-6,8H2,1-3H3,(H,14,15,16). The van der Waals surface area contributed by atoms with Crippen molar-refractivity contribution in [1.29, 1.82) is 0 Å². The number of nitrogens with zero attached hydrogens (tertiary/aromatic N) is 4. The summed E-state index contributed by atoms with van der Waals surface area (Å²) in [5.41, 5.74) is -0.0204. The second-order valence-electron chi connectivity index (χ2n) is 5.43. The van der Waals surface area contributed by atoms with E-state index >= 15 is 0 Å². The van der Waals surface area contributed by atoms with Gasteiger partial charge in [-0.05, 0) is 25.7 Å². The lowest BCUT2D eigenvalue weighted by Crippen LogP contribution is -2.28. The lowest BCUT2D eigenvalue weighted by atomic mass is 10.1. The maximum absolute atomic E-state index is 11.2. The van der Waals surface area contributed by atoms with E-state index in [1.165, 1.54) is 6.20 Å². The summed E-state index contributed by atoms with van der Waals surface area (Å²) in [4.78, 5) is 21.2. The van der Waals surface area contributed by atoms with Crippen LogP contribution in [0, 0.1) is 16.0 Å². The molecule has 2 unspecified atom stereocenters. The Kier molecular flexibility index (Phi) is 4.36. The minimum absolute atomic E-state index is 0.0204. The molecule has 1 aromatic rings. The van der Waals surface area contributed by atoms with Crippen LogP contribution in [0.5, 0.6) is 0 Å². The Hall–Kier alpha value is -1.92. The molecule has 1 aromatic heterocycles. The van der Waals surface area contributed by atoms with Gasteiger partial charge < -0.3 is 10.2 Å². The maximum atomic E-state index is 11.2. The number of aromatic nitrogens is 2. The van der Waals surface area contributed by atoms with Gasteiger partial charge in [0.1, 0.15) is 6.20 Å². The second-order valence-corrected chi connectivity index (χ2v) is 5.43. The van der Waals surface area contributed by atoms with Gasteiger partial charge in [0.25, 0.3) is 0 Å². The first-order valence-electron chi connectivity index (χ1n) is 7.04. The molecule has 0 bridgehead atoms. The molecule has 2 heterocycles. The van der Waals surface area contributed by atoms with Crippen molar-refractivity contribution in [3.8, 4) is 0 Å². The van der Waals surface area contributed by atoms with E-state index in [0.29, 0.717) is 17.7 Å². The molecule has 0 aliphatic carbocycles. The molecule has 1 saturated heterocycles.